The van der Waals surface area contributed by atoms with Crippen LogP contribution in [0.4, 0.5) is 24.8 Å². The van der Waals surface area contributed by atoms with E-state index < -0.39 is 12.0 Å². The molecule has 0 amide bonds. The zero-order chi connectivity index (χ0) is 15.6. The summed E-state index contributed by atoms with van der Waals surface area (Å²) < 4.78 is 38.5. The lowest BCUT2D eigenvalue weighted by atomic mass is 10.2. The Bertz CT molecular complexity index is 491. The van der Waals surface area contributed by atoms with Crippen molar-refractivity contribution in [2.75, 3.05) is 37.3 Å². The lowest BCUT2D eigenvalue weighted by molar-refractivity contribution is -0.144. The average molecular weight is 303 g/mol. The van der Waals surface area contributed by atoms with E-state index in [1.807, 2.05) is 18.9 Å². The number of aromatic nitrogens is 2. The van der Waals surface area contributed by atoms with Crippen molar-refractivity contribution in [3.8, 4) is 0 Å². The molecule has 1 fully saturated rings. The molecule has 2 rings (SSSR count). The summed E-state index contributed by atoms with van der Waals surface area (Å²) in [6.07, 6.45) is -2.89. The van der Waals surface area contributed by atoms with Gasteiger partial charge < -0.3 is 15.5 Å². The third kappa shape index (κ3) is 3.75. The number of hydrogen-bond donors (Lipinski definition) is 1. The van der Waals surface area contributed by atoms with Crippen LogP contribution in [0.5, 0.6) is 0 Å². The lowest BCUT2D eigenvalue weighted by Gasteiger charge is -2.31. The molecular formula is C13H20F3N5. The topological polar surface area (TPSA) is 58.3 Å². The zero-order valence-electron chi connectivity index (χ0n) is 12.2. The van der Waals surface area contributed by atoms with Crippen molar-refractivity contribution in [3.63, 3.8) is 0 Å². The van der Waals surface area contributed by atoms with Crippen LogP contribution in [0.1, 0.15) is 25.6 Å². The van der Waals surface area contributed by atoms with Crippen molar-refractivity contribution in [1.82, 2.24) is 14.9 Å². The molecule has 1 aromatic heterocycles. The third-order valence-electron chi connectivity index (χ3n) is 3.65. The molecule has 0 bridgehead atoms. The second-order valence-corrected chi connectivity index (χ2v) is 5.34. The molecule has 8 heteroatoms. The molecule has 1 saturated heterocycles. The molecule has 5 nitrogen and oxygen atoms in total. The Balaban J connectivity index is 2.37. The summed E-state index contributed by atoms with van der Waals surface area (Å²) in [6, 6.07) is 1.54. The first-order valence-electron chi connectivity index (χ1n) is 6.98. The van der Waals surface area contributed by atoms with Crippen LogP contribution < -0.4 is 10.6 Å². The predicted molar refractivity (Wildman–Crippen MR) is 75.0 cm³/mol. The van der Waals surface area contributed by atoms with Crippen molar-refractivity contribution < 1.29 is 13.2 Å². The molecule has 0 saturated carbocycles. The molecule has 118 valence electrons. The van der Waals surface area contributed by atoms with Gasteiger partial charge in [0.2, 0.25) is 5.82 Å². The molecule has 1 aliphatic heterocycles. The zero-order valence-corrected chi connectivity index (χ0v) is 12.2. The summed E-state index contributed by atoms with van der Waals surface area (Å²) in [7, 11) is 2.02. The third-order valence-corrected chi connectivity index (χ3v) is 3.65. The highest BCUT2D eigenvalue weighted by Gasteiger charge is 2.36. The number of anilines is 2. The normalized spacial score (nSPS) is 21.4. The first-order valence-corrected chi connectivity index (χ1v) is 6.98. The van der Waals surface area contributed by atoms with Gasteiger partial charge in [-0.2, -0.15) is 13.2 Å². The number of nitrogens with two attached hydrogens (primary N) is 1. The van der Waals surface area contributed by atoms with Crippen LogP contribution in [0, 0.1) is 0 Å². The molecule has 1 unspecified atom stereocenters. The molecule has 0 aromatic carbocycles. The Morgan fingerprint density at radius 2 is 2.05 bits per heavy atom. The van der Waals surface area contributed by atoms with Crippen molar-refractivity contribution >= 4 is 11.6 Å². The Hall–Kier alpha value is -1.57. The van der Waals surface area contributed by atoms with Gasteiger partial charge in [-0.05, 0) is 26.4 Å². The van der Waals surface area contributed by atoms with E-state index in [1.54, 1.807) is 0 Å². The molecule has 1 aromatic rings. The van der Waals surface area contributed by atoms with Crippen LogP contribution in [0.15, 0.2) is 6.07 Å². The minimum absolute atomic E-state index is 0.118. The van der Waals surface area contributed by atoms with E-state index in [4.69, 9.17) is 5.73 Å². The van der Waals surface area contributed by atoms with Crippen molar-refractivity contribution in [2.45, 2.75) is 32.0 Å². The maximum absolute atomic E-state index is 12.8. The highest BCUT2D eigenvalue weighted by molar-refractivity contribution is 5.48. The summed E-state index contributed by atoms with van der Waals surface area (Å²) in [5.74, 6) is -1.07. The SMILES string of the molecule is CCC1CN(C)CCCN1c1cc(N)nc(C(F)(F)F)n1. The summed E-state index contributed by atoms with van der Waals surface area (Å²) in [4.78, 5) is 11.1. The maximum Gasteiger partial charge on any atom is 0.451 e. The van der Waals surface area contributed by atoms with Gasteiger partial charge in [-0.25, -0.2) is 9.97 Å². The van der Waals surface area contributed by atoms with Gasteiger partial charge in [0.25, 0.3) is 0 Å². The fourth-order valence-electron chi connectivity index (χ4n) is 2.62. The Morgan fingerprint density at radius 3 is 2.67 bits per heavy atom. The molecule has 0 aliphatic carbocycles. The molecule has 2 heterocycles. The molecule has 1 atom stereocenters. The van der Waals surface area contributed by atoms with Gasteiger partial charge in [0.05, 0.1) is 0 Å². The summed E-state index contributed by atoms with van der Waals surface area (Å²) >= 11 is 0. The second-order valence-electron chi connectivity index (χ2n) is 5.34. The van der Waals surface area contributed by atoms with Crippen LogP contribution in [-0.2, 0) is 6.18 Å². The molecule has 0 spiro atoms. The van der Waals surface area contributed by atoms with Gasteiger partial charge in [-0.1, -0.05) is 6.92 Å². The smallest absolute Gasteiger partial charge is 0.384 e. The summed E-state index contributed by atoms with van der Waals surface area (Å²) in [5.41, 5.74) is 5.53. The molecule has 0 radical (unpaired) electrons. The van der Waals surface area contributed by atoms with Crippen LogP contribution in [0.3, 0.4) is 0 Å². The second kappa shape index (κ2) is 6.05. The van der Waals surface area contributed by atoms with Crippen LogP contribution in [-0.4, -0.2) is 47.6 Å². The van der Waals surface area contributed by atoms with E-state index in [1.165, 1.54) is 6.07 Å². The fourth-order valence-corrected chi connectivity index (χ4v) is 2.62. The standard InChI is InChI=1S/C13H20F3N5/c1-3-9-8-20(2)5-4-6-21(9)11-7-10(17)18-12(19-11)13(14,15)16/h7,9H,3-6,8H2,1-2H3,(H2,17,18,19). The largest absolute Gasteiger partial charge is 0.451 e. The minimum Gasteiger partial charge on any atom is -0.384 e. The van der Waals surface area contributed by atoms with Gasteiger partial charge in [0.15, 0.2) is 0 Å². The summed E-state index contributed by atoms with van der Waals surface area (Å²) in [5, 5.41) is 0. The van der Waals surface area contributed by atoms with E-state index in [-0.39, 0.29) is 17.7 Å². The quantitative estimate of drug-likeness (QED) is 0.905. The van der Waals surface area contributed by atoms with Crippen molar-refractivity contribution in [2.24, 2.45) is 0 Å². The number of nitrogen functional groups attached to an aromatic ring is 1. The monoisotopic (exact) mass is 303 g/mol. The van der Waals surface area contributed by atoms with Gasteiger partial charge in [0, 0.05) is 25.2 Å². The molecule has 1 aliphatic rings. The van der Waals surface area contributed by atoms with Crippen molar-refractivity contribution in [1.29, 1.82) is 0 Å². The predicted octanol–water partition coefficient (Wildman–Crippen LogP) is 2.00. The first-order chi connectivity index (χ1) is 9.81. The number of rotatable bonds is 2. The van der Waals surface area contributed by atoms with Crippen molar-refractivity contribution in [3.05, 3.63) is 11.9 Å². The van der Waals surface area contributed by atoms with E-state index in [9.17, 15) is 13.2 Å². The number of hydrogen-bond acceptors (Lipinski definition) is 5. The van der Waals surface area contributed by atoms with Gasteiger partial charge >= 0.3 is 6.18 Å². The molecular weight excluding hydrogens is 283 g/mol. The number of nitrogens with zero attached hydrogens (tertiary/aromatic N) is 4. The van der Waals surface area contributed by atoms with Crippen LogP contribution in [0.25, 0.3) is 0 Å². The highest BCUT2D eigenvalue weighted by atomic mass is 19.4. The van der Waals surface area contributed by atoms with E-state index in [2.05, 4.69) is 14.9 Å². The fraction of sp³-hybridized carbons (Fsp3) is 0.692. The number of likely N-dealkylation sites (N-methyl/N-ethyl adjacent to an activating group) is 1. The van der Waals surface area contributed by atoms with E-state index >= 15 is 0 Å². The van der Waals surface area contributed by atoms with Gasteiger partial charge in [-0.15, -0.1) is 0 Å². The van der Waals surface area contributed by atoms with Gasteiger partial charge in [0.1, 0.15) is 11.6 Å². The summed E-state index contributed by atoms with van der Waals surface area (Å²) in [6.45, 7) is 4.39. The van der Waals surface area contributed by atoms with E-state index in [0.717, 1.165) is 25.9 Å². The lowest BCUT2D eigenvalue weighted by Crippen LogP contribution is -2.40. The van der Waals surface area contributed by atoms with Gasteiger partial charge in [-0.3, -0.25) is 0 Å². The average Bonchev–Trinajstić information content (AvgIpc) is 2.58. The van der Waals surface area contributed by atoms with Crippen LogP contribution >= 0.6 is 0 Å². The minimum atomic E-state index is -4.59. The number of halogens is 3. The maximum atomic E-state index is 12.8. The highest BCUT2D eigenvalue weighted by Crippen LogP contribution is 2.29. The molecule has 2 N–H and O–H groups in total. The van der Waals surface area contributed by atoms with Crippen LogP contribution in [0.2, 0.25) is 0 Å². The Kier molecular flexibility index (Phi) is 4.55. The Labute approximate surface area is 122 Å². The molecule has 21 heavy (non-hydrogen) atoms. The number of alkyl halides is 3. The van der Waals surface area contributed by atoms with E-state index in [0.29, 0.717) is 6.54 Å². The first kappa shape index (κ1) is 15.8. The Morgan fingerprint density at radius 1 is 1.33 bits per heavy atom.